The van der Waals surface area contributed by atoms with E-state index in [1.165, 1.54) is 29.0 Å². The van der Waals surface area contributed by atoms with Crippen molar-refractivity contribution >= 4 is 11.6 Å². The number of ether oxygens (including phenoxy) is 1. The Kier molecular flexibility index (Phi) is 5.30. The molecule has 27 heavy (non-hydrogen) atoms. The number of halogens is 2. The van der Waals surface area contributed by atoms with Crippen molar-refractivity contribution in [2.75, 3.05) is 12.4 Å². The molecule has 0 saturated heterocycles. The van der Waals surface area contributed by atoms with Gasteiger partial charge in [-0.3, -0.25) is 9.59 Å². The van der Waals surface area contributed by atoms with Gasteiger partial charge in [0, 0.05) is 12.3 Å². The van der Waals surface area contributed by atoms with Crippen LogP contribution in [0.2, 0.25) is 0 Å². The summed E-state index contributed by atoms with van der Waals surface area (Å²) in [5.74, 6) is -1.79. The van der Waals surface area contributed by atoms with Crippen LogP contribution >= 0.6 is 0 Å². The zero-order chi connectivity index (χ0) is 19.4. The number of nitrogens with one attached hydrogen (secondary N) is 1. The molecule has 0 unspecified atom stereocenters. The largest absolute Gasteiger partial charge is 0.497 e. The number of nitrogens with zero attached hydrogens (tertiary/aromatic N) is 1. The summed E-state index contributed by atoms with van der Waals surface area (Å²) < 4.78 is 33.8. The SMILES string of the molecule is COc1ccc(Cn2cc(C(=O)Nc3c(F)cccc3F)ccc2=O)cc1. The van der Waals surface area contributed by atoms with Crippen LogP contribution in [-0.2, 0) is 6.54 Å². The van der Waals surface area contributed by atoms with Gasteiger partial charge in [-0.05, 0) is 35.9 Å². The van der Waals surface area contributed by atoms with Gasteiger partial charge in [-0.2, -0.15) is 0 Å². The van der Waals surface area contributed by atoms with E-state index in [-0.39, 0.29) is 17.7 Å². The second kappa shape index (κ2) is 7.82. The molecule has 2 aromatic carbocycles. The average Bonchev–Trinajstić information content (AvgIpc) is 2.67. The average molecular weight is 370 g/mol. The van der Waals surface area contributed by atoms with Gasteiger partial charge >= 0.3 is 0 Å². The van der Waals surface area contributed by atoms with E-state index in [1.54, 1.807) is 31.4 Å². The maximum absolute atomic E-state index is 13.7. The molecule has 0 aliphatic carbocycles. The summed E-state index contributed by atoms with van der Waals surface area (Å²) >= 11 is 0. The van der Waals surface area contributed by atoms with Crippen molar-refractivity contribution in [3.63, 3.8) is 0 Å². The van der Waals surface area contributed by atoms with Gasteiger partial charge in [0.05, 0.1) is 19.2 Å². The van der Waals surface area contributed by atoms with Gasteiger partial charge in [0.2, 0.25) is 0 Å². The molecule has 138 valence electrons. The Morgan fingerprint density at radius 3 is 2.33 bits per heavy atom. The van der Waals surface area contributed by atoms with E-state index in [0.717, 1.165) is 17.7 Å². The lowest BCUT2D eigenvalue weighted by Crippen LogP contribution is -2.23. The molecule has 3 aromatic rings. The van der Waals surface area contributed by atoms with Gasteiger partial charge in [-0.15, -0.1) is 0 Å². The number of methoxy groups -OCH3 is 1. The Bertz CT molecular complexity index is 1010. The lowest BCUT2D eigenvalue weighted by molar-refractivity contribution is 0.102. The van der Waals surface area contributed by atoms with Gasteiger partial charge in [-0.25, -0.2) is 8.78 Å². The fourth-order valence-corrected chi connectivity index (χ4v) is 2.52. The minimum absolute atomic E-state index is 0.103. The van der Waals surface area contributed by atoms with Crippen molar-refractivity contribution in [1.29, 1.82) is 0 Å². The monoisotopic (exact) mass is 370 g/mol. The Labute approximate surface area is 153 Å². The lowest BCUT2D eigenvalue weighted by Gasteiger charge is -2.10. The standard InChI is InChI=1S/C20H16F2N2O3/c1-27-15-8-5-13(6-9-15)11-24-12-14(7-10-18(24)25)20(26)23-19-16(21)3-2-4-17(19)22/h2-10,12H,11H2,1H3,(H,23,26). The molecular formula is C20H16F2N2O3. The molecule has 1 amide bonds. The van der Waals surface area contributed by atoms with Gasteiger partial charge in [0.15, 0.2) is 0 Å². The van der Waals surface area contributed by atoms with Crippen LogP contribution in [0.3, 0.4) is 0 Å². The second-order valence-corrected chi connectivity index (χ2v) is 5.78. The van der Waals surface area contributed by atoms with Crippen LogP contribution < -0.4 is 15.6 Å². The van der Waals surface area contributed by atoms with Crippen molar-refractivity contribution < 1.29 is 18.3 Å². The highest BCUT2D eigenvalue weighted by Gasteiger charge is 2.14. The van der Waals surface area contributed by atoms with Gasteiger partial charge in [0.25, 0.3) is 11.5 Å². The first-order valence-electron chi connectivity index (χ1n) is 8.06. The molecule has 0 aliphatic rings. The van der Waals surface area contributed by atoms with E-state index in [0.29, 0.717) is 5.75 Å². The van der Waals surface area contributed by atoms with E-state index in [2.05, 4.69) is 5.32 Å². The molecule has 0 fully saturated rings. The van der Waals surface area contributed by atoms with Crippen LogP contribution in [0.4, 0.5) is 14.5 Å². The number of carbonyl (C=O) groups is 1. The predicted octanol–water partition coefficient (Wildman–Crippen LogP) is 3.44. The van der Waals surface area contributed by atoms with E-state index in [4.69, 9.17) is 4.74 Å². The van der Waals surface area contributed by atoms with Crippen LogP contribution in [0.5, 0.6) is 5.75 Å². The molecule has 1 aromatic heterocycles. The van der Waals surface area contributed by atoms with E-state index >= 15 is 0 Å². The molecule has 0 spiro atoms. The molecule has 3 rings (SSSR count). The molecule has 0 radical (unpaired) electrons. The van der Waals surface area contributed by atoms with Crippen molar-refractivity contribution in [3.05, 3.63) is 93.9 Å². The number of rotatable bonds is 5. The highest BCUT2D eigenvalue weighted by Crippen LogP contribution is 2.19. The number of amides is 1. The molecule has 7 heteroatoms. The second-order valence-electron chi connectivity index (χ2n) is 5.78. The Morgan fingerprint density at radius 2 is 1.70 bits per heavy atom. The first-order valence-corrected chi connectivity index (χ1v) is 8.06. The van der Waals surface area contributed by atoms with E-state index in [9.17, 15) is 18.4 Å². The fraction of sp³-hybridized carbons (Fsp3) is 0.100. The molecule has 0 atom stereocenters. The highest BCUT2D eigenvalue weighted by molar-refractivity contribution is 6.04. The summed E-state index contributed by atoms with van der Waals surface area (Å²) in [6.45, 7) is 0.234. The lowest BCUT2D eigenvalue weighted by atomic mass is 10.2. The molecular weight excluding hydrogens is 354 g/mol. The first kappa shape index (κ1) is 18.3. The number of anilines is 1. The topological polar surface area (TPSA) is 60.3 Å². The summed E-state index contributed by atoms with van der Waals surface area (Å²) in [5.41, 5.74) is 0.0937. The molecule has 0 saturated carbocycles. The van der Waals surface area contributed by atoms with E-state index in [1.807, 2.05) is 0 Å². The molecule has 1 heterocycles. The normalized spacial score (nSPS) is 10.5. The molecule has 0 bridgehead atoms. The van der Waals surface area contributed by atoms with Crippen molar-refractivity contribution in [2.24, 2.45) is 0 Å². The maximum Gasteiger partial charge on any atom is 0.257 e. The van der Waals surface area contributed by atoms with Crippen LogP contribution in [0.25, 0.3) is 0 Å². The van der Waals surface area contributed by atoms with Gasteiger partial charge in [-0.1, -0.05) is 18.2 Å². The molecule has 1 N–H and O–H groups in total. The summed E-state index contributed by atoms with van der Waals surface area (Å²) in [5, 5.41) is 2.20. The number of benzene rings is 2. The minimum atomic E-state index is -0.880. The third-order valence-electron chi connectivity index (χ3n) is 3.96. The third-order valence-corrected chi connectivity index (χ3v) is 3.96. The van der Waals surface area contributed by atoms with Crippen LogP contribution in [0.1, 0.15) is 15.9 Å². The van der Waals surface area contributed by atoms with Gasteiger partial charge in [0.1, 0.15) is 23.1 Å². The van der Waals surface area contributed by atoms with Crippen LogP contribution in [0.15, 0.2) is 65.6 Å². The summed E-state index contributed by atoms with van der Waals surface area (Å²) in [7, 11) is 1.56. The number of hydrogen-bond acceptors (Lipinski definition) is 3. The van der Waals surface area contributed by atoms with Crippen molar-refractivity contribution in [2.45, 2.75) is 6.54 Å². The number of hydrogen-bond donors (Lipinski definition) is 1. The fourth-order valence-electron chi connectivity index (χ4n) is 2.52. The smallest absolute Gasteiger partial charge is 0.257 e. The Hall–Kier alpha value is -3.48. The zero-order valence-electron chi connectivity index (χ0n) is 14.4. The van der Waals surface area contributed by atoms with E-state index < -0.39 is 23.2 Å². The van der Waals surface area contributed by atoms with Gasteiger partial charge < -0.3 is 14.6 Å². The summed E-state index contributed by atoms with van der Waals surface area (Å²) in [4.78, 5) is 24.4. The predicted molar refractivity (Wildman–Crippen MR) is 97.1 cm³/mol. The van der Waals surface area contributed by atoms with Crippen molar-refractivity contribution in [3.8, 4) is 5.75 Å². The molecule has 5 nitrogen and oxygen atoms in total. The number of para-hydroxylation sites is 1. The van der Waals surface area contributed by atoms with Crippen LogP contribution in [-0.4, -0.2) is 17.6 Å². The molecule has 0 aliphatic heterocycles. The zero-order valence-corrected chi connectivity index (χ0v) is 14.4. The number of pyridine rings is 1. The Balaban J connectivity index is 1.83. The maximum atomic E-state index is 13.7. The summed E-state index contributed by atoms with van der Waals surface area (Å²) in [6, 6.07) is 13.0. The van der Waals surface area contributed by atoms with Crippen molar-refractivity contribution in [1.82, 2.24) is 4.57 Å². The third kappa shape index (κ3) is 4.20. The van der Waals surface area contributed by atoms with Crippen LogP contribution in [0, 0.1) is 11.6 Å². The first-order chi connectivity index (χ1) is 13.0. The number of carbonyl (C=O) groups excluding carboxylic acids is 1. The quantitative estimate of drug-likeness (QED) is 0.749. The summed E-state index contributed by atoms with van der Waals surface area (Å²) in [6.07, 6.45) is 1.35. The minimum Gasteiger partial charge on any atom is -0.497 e. The highest BCUT2D eigenvalue weighted by atomic mass is 19.1. The number of aromatic nitrogens is 1. The Morgan fingerprint density at radius 1 is 1.04 bits per heavy atom.